The van der Waals surface area contributed by atoms with Crippen molar-refractivity contribution < 1.29 is 9.53 Å². The number of hydrogen-bond acceptors (Lipinski definition) is 4. The van der Waals surface area contributed by atoms with Gasteiger partial charge in [-0.15, -0.1) is 0 Å². The van der Waals surface area contributed by atoms with E-state index in [1.807, 2.05) is 32.0 Å². The van der Waals surface area contributed by atoms with Gasteiger partial charge in [-0.3, -0.25) is 4.79 Å². The largest absolute Gasteiger partial charge is 0.484 e. The van der Waals surface area contributed by atoms with Crippen LogP contribution in [0.1, 0.15) is 25.5 Å². The predicted molar refractivity (Wildman–Crippen MR) is 81.1 cm³/mol. The molecule has 0 aliphatic rings. The summed E-state index contributed by atoms with van der Waals surface area (Å²) in [6.07, 6.45) is 1.65. The van der Waals surface area contributed by atoms with Crippen LogP contribution in [0.15, 0.2) is 36.5 Å². The Hall–Kier alpha value is -2.34. The molecule has 21 heavy (non-hydrogen) atoms. The molecule has 0 saturated carbocycles. The molecule has 2 aromatic rings. The molecule has 112 valence electrons. The summed E-state index contributed by atoms with van der Waals surface area (Å²) in [5, 5.41) is 6.94. The number of carbonyl (C=O) groups excluding carboxylic acids is 1. The molecule has 6 heteroatoms. The molecule has 0 unspecified atom stereocenters. The molecule has 3 N–H and O–H groups in total. The Morgan fingerprint density at radius 2 is 2.24 bits per heavy atom. The minimum Gasteiger partial charge on any atom is -0.484 e. The topological polar surface area (TPSA) is 82.2 Å². The summed E-state index contributed by atoms with van der Waals surface area (Å²) in [6.45, 7) is 4.38. The Bertz CT molecular complexity index is 607. The Kier molecular flexibility index (Phi) is 4.94. The molecule has 0 spiro atoms. The minimum atomic E-state index is -0.226. The number of nitrogens with one attached hydrogen (secondary N) is 1. The second kappa shape index (κ2) is 6.90. The van der Waals surface area contributed by atoms with Crippen molar-refractivity contribution in [1.29, 1.82) is 0 Å². The maximum Gasteiger partial charge on any atom is 0.263 e. The number of hydrogen-bond donors (Lipinski definition) is 2. The van der Waals surface area contributed by atoms with Gasteiger partial charge in [0, 0.05) is 18.7 Å². The summed E-state index contributed by atoms with van der Waals surface area (Å²) in [5.74, 6) is 1.07. The fourth-order valence-electron chi connectivity index (χ4n) is 1.91. The van der Waals surface area contributed by atoms with Gasteiger partial charge in [0.05, 0.1) is 6.20 Å². The number of amides is 1. The molecule has 0 bridgehead atoms. The van der Waals surface area contributed by atoms with E-state index in [1.54, 1.807) is 23.0 Å². The second-order valence-electron chi connectivity index (χ2n) is 4.94. The normalized spacial score (nSPS) is 10.7. The first-order valence-corrected chi connectivity index (χ1v) is 6.85. The summed E-state index contributed by atoms with van der Waals surface area (Å²) in [5.41, 5.74) is 6.53. The van der Waals surface area contributed by atoms with Gasteiger partial charge in [-0.25, -0.2) is 4.68 Å². The fraction of sp³-hybridized carbons (Fsp3) is 0.333. The predicted octanol–water partition coefficient (Wildman–Crippen LogP) is 1.94. The first kappa shape index (κ1) is 15.1. The van der Waals surface area contributed by atoms with Gasteiger partial charge in [0.2, 0.25) is 0 Å². The van der Waals surface area contributed by atoms with Crippen LogP contribution in [0, 0.1) is 0 Å². The molecule has 1 aromatic heterocycles. The van der Waals surface area contributed by atoms with Crippen LogP contribution in [0.25, 0.3) is 0 Å². The van der Waals surface area contributed by atoms with Crippen molar-refractivity contribution in [3.63, 3.8) is 0 Å². The number of nitrogens with two attached hydrogens (primary N) is 1. The third-order valence-corrected chi connectivity index (χ3v) is 2.93. The average Bonchev–Trinajstić information content (AvgIpc) is 2.93. The zero-order valence-electron chi connectivity index (χ0n) is 12.2. The fourth-order valence-corrected chi connectivity index (χ4v) is 1.91. The summed E-state index contributed by atoms with van der Waals surface area (Å²) >= 11 is 0. The van der Waals surface area contributed by atoms with Crippen molar-refractivity contribution >= 4 is 11.7 Å². The highest BCUT2D eigenvalue weighted by molar-refractivity contribution is 5.91. The highest BCUT2D eigenvalue weighted by Crippen LogP contribution is 2.14. The van der Waals surface area contributed by atoms with E-state index in [0.29, 0.717) is 18.1 Å². The molecule has 0 aliphatic carbocycles. The molecule has 0 saturated heterocycles. The van der Waals surface area contributed by atoms with Crippen LogP contribution in [-0.2, 0) is 11.3 Å². The van der Waals surface area contributed by atoms with E-state index >= 15 is 0 Å². The first-order chi connectivity index (χ1) is 10.1. The van der Waals surface area contributed by atoms with Crippen LogP contribution in [0.4, 0.5) is 5.82 Å². The van der Waals surface area contributed by atoms with E-state index in [1.165, 1.54) is 0 Å². The summed E-state index contributed by atoms with van der Waals surface area (Å²) < 4.78 is 7.21. The van der Waals surface area contributed by atoms with Crippen molar-refractivity contribution in [1.82, 2.24) is 9.78 Å². The van der Waals surface area contributed by atoms with Crippen LogP contribution < -0.4 is 15.8 Å². The maximum atomic E-state index is 11.9. The molecule has 0 aliphatic heterocycles. The van der Waals surface area contributed by atoms with Gasteiger partial charge >= 0.3 is 0 Å². The smallest absolute Gasteiger partial charge is 0.263 e. The van der Waals surface area contributed by atoms with Crippen LogP contribution in [-0.4, -0.2) is 22.3 Å². The first-order valence-electron chi connectivity index (χ1n) is 6.85. The minimum absolute atomic E-state index is 0.0582. The van der Waals surface area contributed by atoms with E-state index in [4.69, 9.17) is 10.5 Å². The lowest BCUT2D eigenvalue weighted by Crippen LogP contribution is -2.22. The molecular formula is C15H20N4O2. The molecule has 1 aromatic carbocycles. The molecule has 1 heterocycles. The molecule has 6 nitrogen and oxygen atoms in total. The molecular weight excluding hydrogens is 268 g/mol. The van der Waals surface area contributed by atoms with Crippen molar-refractivity contribution in [3.05, 3.63) is 42.1 Å². The molecule has 0 atom stereocenters. The monoisotopic (exact) mass is 288 g/mol. The number of rotatable bonds is 6. The standard InChI is InChI=1S/C15H20N4O2/c1-11(2)19-14(6-7-17-19)18-15(20)10-21-13-5-3-4-12(8-13)9-16/h3-8,11H,9-10,16H2,1-2H3,(H,18,20). The molecule has 1 amide bonds. The van der Waals surface area contributed by atoms with Gasteiger partial charge in [-0.2, -0.15) is 5.10 Å². The molecule has 0 radical (unpaired) electrons. The Morgan fingerprint density at radius 3 is 2.95 bits per heavy atom. The lowest BCUT2D eigenvalue weighted by Gasteiger charge is -2.12. The van der Waals surface area contributed by atoms with Crippen LogP contribution >= 0.6 is 0 Å². The summed E-state index contributed by atoms with van der Waals surface area (Å²) in [4.78, 5) is 11.9. The number of nitrogens with zero attached hydrogens (tertiary/aromatic N) is 2. The number of anilines is 1. The molecule has 0 fully saturated rings. The van der Waals surface area contributed by atoms with Crippen LogP contribution in [0.2, 0.25) is 0 Å². The lowest BCUT2D eigenvalue weighted by molar-refractivity contribution is -0.118. The van der Waals surface area contributed by atoms with Crippen LogP contribution in [0.5, 0.6) is 5.75 Å². The Morgan fingerprint density at radius 1 is 1.43 bits per heavy atom. The molecule has 2 rings (SSSR count). The van der Waals surface area contributed by atoms with Gasteiger partial charge in [-0.05, 0) is 31.5 Å². The Balaban J connectivity index is 1.91. The van der Waals surface area contributed by atoms with Crippen molar-refractivity contribution in [2.45, 2.75) is 26.4 Å². The number of carbonyl (C=O) groups is 1. The van der Waals surface area contributed by atoms with Gasteiger partial charge in [0.15, 0.2) is 6.61 Å². The van der Waals surface area contributed by atoms with Crippen molar-refractivity contribution in [2.75, 3.05) is 11.9 Å². The van der Waals surface area contributed by atoms with Crippen molar-refractivity contribution in [2.24, 2.45) is 5.73 Å². The third kappa shape index (κ3) is 4.06. The van der Waals surface area contributed by atoms with E-state index in [0.717, 1.165) is 5.56 Å². The number of aromatic nitrogens is 2. The highest BCUT2D eigenvalue weighted by Gasteiger charge is 2.10. The Labute approximate surface area is 123 Å². The quantitative estimate of drug-likeness (QED) is 0.851. The zero-order chi connectivity index (χ0) is 15.2. The second-order valence-corrected chi connectivity index (χ2v) is 4.94. The summed E-state index contributed by atoms with van der Waals surface area (Å²) in [6, 6.07) is 9.32. The van der Waals surface area contributed by atoms with Crippen LogP contribution in [0.3, 0.4) is 0 Å². The van der Waals surface area contributed by atoms with Crippen molar-refractivity contribution in [3.8, 4) is 5.75 Å². The van der Waals surface area contributed by atoms with E-state index in [2.05, 4.69) is 10.4 Å². The number of benzene rings is 1. The van der Waals surface area contributed by atoms with E-state index in [9.17, 15) is 4.79 Å². The van der Waals surface area contributed by atoms with Gasteiger partial charge in [-0.1, -0.05) is 12.1 Å². The summed E-state index contributed by atoms with van der Waals surface area (Å²) in [7, 11) is 0. The average molecular weight is 288 g/mol. The van der Waals surface area contributed by atoms with Gasteiger partial charge < -0.3 is 15.8 Å². The van der Waals surface area contributed by atoms with Gasteiger partial charge in [0.25, 0.3) is 5.91 Å². The van der Waals surface area contributed by atoms with E-state index < -0.39 is 0 Å². The lowest BCUT2D eigenvalue weighted by atomic mass is 10.2. The SMILES string of the molecule is CC(C)n1nccc1NC(=O)COc1cccc(CN)c1. The zero-order valence-corrected chi connectivity index (χ0v) is 12.2. The maximum absolute atomic E-state index is 11.9. The number of ether oxygens (including phenoxy) is 1. The van der Waals surface area contributed by atoms with E-state index in [-0.39, 0.29) is 18.6 Å². The van der Waals surface area contributed by atoms with Gasteiger partial charge in [0.1, 0.15) is 11.6 Å². The highest BCUT2D eigenvalue weighted by atomic mass is 16.5. The third-order valence-electron chi connectivity index (χ3n) is 2.93.